The lowest BCUT2D eigenvalue weighted by Gasteiger charge is -2.15. The molecule has 1 aromatic carbocycles. The van der Waals surface area contributed by atoms with E-state index in [9.17, 15) is 8.78 Å². The van der Waals surface area contributed by atoms with Crippen LogP contribution in [0.25, 0.3) is 0 Å². The van der Waals surface area contributed by atoms with Crippen molar-refractivity contribution < 1.29 is 8.78 Å². The molecular formula is C11H13F2N. The maximum atomic E-state index is 13.4. The Morgan fingerprint density at radius 1 is 1.36 bits per heavy atom. The second kappa shape index (κ2) is 3.65. The molecule has 0 aliphatic carbocycles. The van der Waals surface area contributed by atoms with Gasteiger partial charge in [0.05, 0.1) is 0 Å². The molecule has 1 aliphatic heterocycles. The number of benzene rings is 1. The average molecular weight is 197 g/mol. The van der Waals surface area contributed by atoms with Gasteiger partial charge in [-0.3, -0.25) is 0 Å². The minimum atomic E-state index is -0.509. The van der Waals surface area contributed by atoms with Crippen LogP contribution in [0.1, 0.15) is 24.8 Å². The van der Waals surface area contributed by atoms with Crippen molar-refractivity contribution in [3.05, 3.63) is 35.4 Å². The summed E-state index contributed by atoms with van der Waals surface area (Å²) < 4.78 is 26.1. The zero-order valence-electron chi connectivity index (χ0n) is 8.06. The van der Waals surface area contributed by atoms with Crippen LogP contribution < -0.4 is 5.32 Å². The first kappa shape index (κ1) is 9.59. The van der Waals surface area contributed by atoms with Crippen molar-refractivity contribution in [2.45, 2.75) is 25.3 Å². The molecule has 1 aromatic rings. The molecule has 1 N–H and O–H groups in total. The molecule has 2 unspecified atom stereocenters. The Morgan fingerprint density at radius 3 is 2.71 bits per heavy atom. The third kappa shape index (κ3) is 1.64. The van der Waals surface area contributed by atoms with Crippen LogP contribution in [0.2, 0.25) is 0 Å². The Hall–Kier alpha value is -0.960. The topological polar surface area (TPSA) is 12.0 Å². The summed E-state index contributed by atoms with van der Waals surface area (Å²) in [5, 5.41) is 3.25. The summed E-state index contributed by atoms with van der Waals surface area (Å²) in [6.07, 6.45) is 0.920. The largest absolute Gasteiger partial charge is 0.314 e. The van der Waals surface area contributed by atoms with Gasteiger partial charge in [0.1, 0.15) is 11.6 Å². The van der Waals surface area contributed by atoms with Gasteiger partial charge in [-0.15, -0.1) is 0 Å². The first-order chi connectivity index (χ1) is 6.68. The predicted molar refractivity (Wildman–Crippen MR) is 51.2 cm³/mol. The lowest BCUT2D eigenvalue weighted by Crippen LogP contribution is -2.22. The third-order valence-corrected chi connectivity index (χ3v) is 2.89. The van der Waals surface area contributed by atoms with E-state index >= 15 is 0 Å². The van der Waals surface area contributed by atoms with E-state index in [-0.39, 0.29) is 12.0 Å². The Labute approximate surface area is 82.1 Å². The zero-order valence-corrected chi connectivity index (χ0v) is 8.06. The SMILES string of the molecule is CC1NCCC1c1ccc(F)cc1F. The number of halogens is 2. The molecule has 0 aromatic heterocycles. The maximum absolute atomic E-state index is 13.4. The van der Waals surface area contributed by atoms with Crippen molar-refractivity contribution in [2.24, 2.45) is 0 Å². The van der Waals surface area contributed by atoms with Gasteiger partial charge in [0.2, 0.25) is 0 Å². The summed E-state index contributed by atoms with van der Waals surface area (Å²) in [5.74, 6) is -0.758. The van der Waals surface area contributed by atoms with Gasteiger partial charge in [-0.2, -0.15) is 0 Å². The summed E-state index contributed by atoms with van der Waals surface area (Å²) in [6.45, 7) is 2.93. The summed E-state index contributed by atoms with van der Waals surface area (Å²) in [6, 6.07) is 4.11. The second-order valence-corrected chi connectivity index (χ2v) is 3.80. The molecule has 1 aliphatic rings. The highest BCUT2D eigenvalue weighted by Gasteiger charge is 2.26. The highest BCUT2D eigenvalue weighted by atomic mass is 19.1. The van der Waals surface area contributed by atoms with Crippen LogP contribution in [0.4, 0.5) is 8.78 Å². The molecule has 76 valence electrons. The Balaban J connectivity index is 2.31. The normalized spacial score (nSPS) is 26.8. The first-order valence-electron chi connectivity index (χ1n) is 4.87. The molecule has 14 heavy (non-hydrogen) atoms. The monoisotopic (exact) mass is 197 g/mol. The molecule has 0 spiro atoms. The predicted octanol–water partition coefficient (Wildman–Crippen LogP) is 2.43. The van der Waals surface area contributed by atoms with Crippen LogP contribution in [-0.2, 0) is 0 Å². The van der Waals surface area contributed by atoms with Crippen molar-refractivity contribution in [3.8, 4) is 0 Å². The molecule has 2 atom stereocenters. The van der Waals surface area contributed by atoms with Gasteiger partial charge in [0, 0.05) is 18.0 Å². The molecule has 2 rings (SSSR count). The lowest BCUT2D eigenvalue weighted by molar-refractivity contribution is 0.530. The summed E-state index contributed by atoms with van der Waals surface area (Å²) in [7, 11) is 0. The van der Waals surface area contributed by atoms with E-state index in [0.29, 0.717) is 5.56 Å². The van der Waals surface area contributed by atoms with Crippen LogP contribution >= 0.6 is 0 Å². The summed E-state index contributed by atoms with van der Waals surface area (Å²) >= 11 is 0. The quantitative estimate of drug-likeness (QED) is 0.729. The smallest absolute Gasteiger partial charge is 0.129 e. The zero-order chi connectivity index (χ0) is 10.1. The molecule has 3 heteroatoms. The fourth-order valence-electron chi connectivity index (χ4n) is 2.09. The van der Waals surface area contributed by atoms with E-state index in [1.54, 1.807) is 6.07 Å². The van der Waals surface area contributed by atoms with Crippen molar-refractivity contribution in [1.82, 2.24) is 5.32 Å². The number of hydrogen-bond donors (Lipinski definition) is 1. The van der Waals surface area contributed by atoms with Gasteiger partial charge in [0.15, 0.2) is 0 Å². The minimum Gasteiger partial charge on any atom is -0.314 e. The van der Waals surface area contributed by atoms with Crippen LogP contribution in [0, 0.1) is 11.6 Å². The van der Waals surface area contributed by atoms with Crippen LogP contribution in [-0.4, -0.2) is 12.6 Å². The molecular weight excluding hydrogens is 184 g/mol. The molecule has 0 saturated carbocycles. The highest BCUT2D eigenvalue weighted by Crippen LogP contribution is 2.29. The molecule has 1 heterocycles. The Kier molecular flexibility index (Phi) is 2.50. The average Bonchev–Trinajstić information content (AvgIpc) is 2.52. The fourth-order valence-corrected chi connectivity index (χ4v) is 2.09. The van der Waals surface area contributed by atoms with Gasteiger partial charge in [-0.05, 0) is 31.5 Å². The van der Waals surface area contributed by atoms with Crippen LogP contribution in [0.15, 0.2) is 18.2 Å². The van der Waals surface area contributed by atoms with Gasteiger partial charge < -0.3 is 5.32 Å². The molecule has 1 saturated heterocycles. The van der Waals surface area contributed by atoms with E-state index in [1.165, 1.54) is 6.07 Å². The third-order valence-electron chi connectivity index (χ3n) is 2.89. The second-order valence-electron chi connectivity index (χ2n) is 3.80. The molecule has 1 fully saturated rings. The van der Waals surface area contributed by atoms with Gasteiger partial charge in [0.25, 0.3) is 0 Å². The summed E-state index contributed by atoms with van der Waals surface area (Å²) in [5.41, 5.74) is 0.629. The van der Waals surface area contributed by atoms with E-state index < -0.39 is 11.6 Å². The van der Waals surface area contributed by atoms with Gasteiger partial charge >= 0.3 is 0 Å². The first-order valence-corrected chi connectivity index (χ1v) is 4.87. The van der Waals surface area contributed by atoms with E-state index in [1.807, 2.05) is 6.92 Å². The highest BCUT2D eigenvalue weighted by molar-refractivity contribution is 5.25. The van der Waals surface area contributed by atoms with E-state index in [2.05, 4.69) is 5.32 Å². The molecule has 1 nitrogen and oxygen atoms in total. The fraction of sp³-hybridized carbons (Fsp3) is 0.455. The number of hydrogen-bond acceptors (Lipinski definition) is 1. The van der Waals surface area contributed by atoms with Gasteiger partial charge in [-0.25, -0.2) is 8.78 Å². The Bertz CT molecular complexity index is 338. The number of rotatable bonds is 1. The molecule has 0 amide bonds. The van der Waals surface area contributed by atoms with Gasteiger partial charge in [-0.1, -0.05) is 6.07 Å². The van der Waals surface area contributed by atoms with Crippen molar-refractivity contribution in [3.63, 3.8) is 0 Å². The summed E-state index contributed by atoms with van der Waals surface area (Å²) in [4.78, 5) is 0. The van der Waals surface area contributed by atoms with Crippen LogP contribution in [0.3, 0.4) is 0 Å². The van der Waals surface area contributed by atoms with Crippen LogP contribution in [0.5, 0.6) is 0 Å². The Morgan fingerprint density at radius 2 is 2.14 bits per heavy atom. The number of nitrogens with one attached hydrogen (secondary N) is 1. The van der Waals surface area contributed by atoms with Crippen molar-refractivity contribution >= 4 is 0 Å². The van der Waals surface area contributed by atoms with E-state index in [0.717, 1.165) is 19.0 Å². The lowest BCUT2D eigenvalue weighted by atomic mass is 9.92. The van der Waals surface area contributed by atoms with E-state index in [4.69, 9.17) is 0 Å². The minimum absolute atomic E-state index is 0.176. The standard InChI is InChI=1S/C11H13F2N/c1-7-9(4-5-14-7)10-3-2-8(12)6-11(10)13/h2-3,6-7,9,14H,4-5H2,1H3. The molecule has 0 bridgehead atoms. The maximum Gasteiger partial charge on any atom is 0.129 e. The van der Waals surface area contributed by atoms with Crippen molar-refractivity contribution in [2.75, 3.05) is 6.54 Å². The van der Waals surface area contributed by atoms with Crippen molar-refractivity contribution in [1.29, 1.82) is 0 Å². The molecule has 0 radical (unpaired) electrons.